The molecule has 2 unspecified atom stereocenters. The van der Waals surface area contributed by atoms with Crippen molar-refractivity contribution < 1.29 is 0 Å². The molecule has 1 aliphatic carbocycles. The first kappa shape index (κ1) is 19.2. The van der Waals surface area contributed by atoms with Crippen LogP contribution in [0.3, 0.4) is 0 Å². The zero-order chi connectivity index (χ0) is 17.6. The maximum atomic E-state index is 6.30. The van der Waals surface area contributed by atoms with Crippen molar-refractivity contribution in [2.24, 2.45) is 5.92 Å². The Hall–Kier alpha value is -0.570. The molecule has 1 saturated carbocycles. The first-order chi connectivity index (χ1) is 12.1. The minimum absolute atomic E-state index is 0.519. The molecular weight excluding hydrogens is 328 g/mol. The summed E-state index contributed by atoms with van der Waals surface area (Å²) in [5.41, 5.74) is 1.40. The number of nitrogens with zero attached hydrogens (tertiary/aromatic N) is 2. The van der Waals surface area contributed by atoms with Crippen LogP contribution in [0.4, 0.5) is 0 Å². The Labute approximate surface area is 159 Å². The second-order valence-corrected chi connectivity index (χ2v) is 8.83. The van der Waals surface area contributed by atoms with Gasteiger partial charge in [0.25, 0.3) is 0 Å². The second-order valence-electron chi connectivity index (χ2n) is 8.39. The van der Waals surface area contributed by atoms with E-state index in [1.54, 1.807) is 0 Å². The van der Waals surface area contributed by atoms with Gasteiger partial charge in [0.05, 0.1) is 0 Å². The van der Waals surface area contributed by atoms with Gasteiger partial charge >= 0.3 is 0 Å². The largest absolute Gasteiger partial charge is 0.306 e. The van der Waals surface area contributed by atoms with E-state index in [4.69, 9.17) is 11.6 Å². The van der Waals surface area contributed by atoms with Crippen molar-refractivity contribution in [3.05, 3.63) is 34.9 Å². The molecule has 0 amide bonds. The molecule has 2 fully saturated rings. The predicted octanol–water partition coefficient (Wildman–Crippen LogP) is 5.77. The molecule has 1 aromatic carbocycles. The fourth-order valence-electron chi connectivity index (χ4n) is 4.79. The molecule has 0 bridgehead atoms. The standard InChI is InChI=1S/C22H35ClN2/c1-24(2)21-13-15-25(14-12-18-8-5-3-4-6-9-18)22(17-21)19-10-7-11-20(23)16-19/h7,10-11,16,18,21-22H,3-6,8-9,12-15,17H2,1-2H3. The number of rotatable bonds is 5. The van der Waals surface area contributed by atoms with E-state index < -0.39 is 0 Å². The highest BCUT2D eigenvalue weighted by Gasteiger charge is 2.30. The minimum Gasteiger partial charge on any atom is -0.306 e. The highest BCUT2D eigenvalue weighted by atomic mass is 35.5. The Morgan fingerprint density at radius 2 is 1.84 bits per heavy atom. The molecule has 0 aromatic heterocycles. The molecule has 2 atom stereocenters. The van der Waals surface area contributed by atoms with Crippen LogP contribution >= 0.6 is 11.6 Å². The molecule has 2 nitrogen and oxygen atoms in total. The lowest BCUT2D eigenvalue weighted by molar-refractivity contribution is 0.0818. The summed E-state index contributed by atoms with van der Waals surface area (Å²) in [4.78, 5) is 5.15. The lowest BCUT2D eigenvalue weighted by atomic mass is 9.89. The van der Waals surface area contributed by atoms with Gasteiger partial charge in [-0.05, 0) is 63.5 Å². The van der Waals surface area contributed by atoms with Gasteiger partial charge in [-0.2, -0.15) is 0 Å². The monoisotopic (exact) mass is 362 g/mol. The van der Waals surface area contributed by atoms with Crippen LogP contribution in [0.2, 0.25) is 5.02 Å². The molecule has 1 heterocycles. The molecular formula is C22H35ClN2. The number of piperidine rings is 1. The molecule has 1 saturated heterocycles. The Kier molecular flexibility index (Phi) is 7.21. The quantitative estimate of drug-likeness (QED) is 0.613. The van der Waals surface area contributed by atoms with Crippen molar-refractivity contribution in [3.8, 4) is 0 Å². The number of likely N-dealkylation sites (tertiary alicyclic amines) is 1. The van der Waals surface area contributed by atoms with E-state index >= 15 is 0 Å². The molecule has 2 aliphatic rings. The molecule has 25 heavy (non-hydrogen) atoms. The maximum Gasteiger partial charge on any atom is 0.0409 e. The Balaban J connectivity index is 1.67. The highest BCUT2D eigenvalue weighted by Crippen LogP contribution is 2.35. The van der Waals surface area contributed by atoms with Crippen LogP contribution in [0, 0.1) is 5.92 Å². The van der Waals surface area contributed by atoms with Crippen LogP contribution in [0.1, 0.15) is 69.4 Å². The van der Waals surface area contributed by atoms with E-state index in [0.717, 1.165) is 10.9 Å². The molecule has 0 spiro atoms. The number of hydrogen-bond acceptors (Lipinski definition) is 2. The van der Waals surface area contributed by atoms with E-state index in [1.165, 1.54) is 76.4 Å². The molecule has 3 rings (SSSR count). The van der Waals surface area contributed by atoms with E-state index in [9.17, 15) is 0 Å². The first-order valence-corrected chi connectivity index (χ1v) is 10.7. The summed E-state index contributed by atoms with van der Waals surface area (Å²) in [5, 5.41) is 0.869. The van der Waals surface area contributed by atoms with Crippen molar-refractivity contribution in [2.45, 2.75) is 69.9 Å². The summed E-state index contributed by atoms with van der Waals surface area (Å²) in [5.74, 6) is 0.953. The number of hydrogen-bond donors (Lipinski definition) is 0. The number of benzene rings is 1. The molecule has 140 valence electrons. The fourth-order valence-corrected chi connectivity index (χ4v) is 4.99. The van der Waals surface area contributed by atoms with Crippen LogP contribution in [-0.4, -0.2) is 43.0 Å². The van der Waals surface area contributed by atoms with Gasteiger partial charge in [-0.15, -0.1) is 0 Å². The van der Waals surface area contributed by atoms with Crippen molar-refractivity contribution in [1.29, 1.82) is 0 Å². The van der Waals surface area contributed by atoms with Crippen LogP contribution in [0.15, 0.2) is 24.3 Å². The smallest absolute Gasteiger partial charge is 0.0409 e. The van der Waals surface area contributed by atoms with Crippen LogP contribution in [-0.2, 0) is 0 Å². The van der Waals surface area contributed by atoms with Crippen LogP contribution < -0.4 is 0 Å². The maximum absolute atomic E-state index is 6.30. The first-order valence-electron chi connectivity index (χ1n) is 10.3. The lowest BCUT2D eigenvalue weighted by Crippen LogP contribution is -2.44. The molecule has 0 radical (unpaired) electrons. The van der Waals surface area contributed by atoms with Crippen molar-refractivity contribution >= 4 is 11.6 Å². The topological polar surface area (TPSA) is 6.48 Å². The second kappa shape index (κ2) is 9.39. The lowest BCUT2D eigenvalue weighted by Gasteiger charge is -2.42. The third kappa shape index (κ3) is 5.45. The van der Waals surface area contributed by atoms with E-state index in [1.807, 2.05) is 6.07 Å². The van der Waals surface area contributed by atoms with Gasteiger partial charge in [0.15, 0.2) is 0 Å². The van der Waals surface area contributed by atoms with E-state index in [2.05, 4.69) is 42.1 Å². The van der Waals surface area contributed by atoms with E-state index in [-0.39, 0.29) is 0 Å². The summed E-state index contributed by atoms with van der Waals surface area (Å²) in [6.07, 6.45) is 12.6. The van der Waals surface area contributed by atoms with Crippen LogP contribution in [0.25, 0.3) is 0 Å². The number of halogens is 1. The average molecular weight is 363 g/mol. The van der Waals surface area contributed by atoms with Gasteiger partial charge in [0.2, 0.25) is 0 Å². The highest BCUT2D eigenvalue weighted by molar-refractivity contribution is 6.30. The Morgan fingerprint density at radius 3 is 2.52 bits per heavy atom. The van der Waals surface area contributed by atoms with Gasteiger partial charge < -0.3 is 4.90 Å². The van der Waals surface area contributed by atoms with Gasteiger partial charge in [-0.3, -0.25) is 4.90 Å². The van der Waals surface area contributed by atoms with Gasteiger partial charge in [-0.1, -0.05) is 62.3 Å². The Bertz CT molecular complexity index is 523. The summed E-state index contributed by atoms with van der Waals surface area (Å²) < 4.78 is 0. The third-order valence-electron chi connectivity index (χ3n) is 6.45. The summed E-state index contributed by atoms with van der Waals surface area (Å²) >= 11 is 6.30. The zero-order valence-corrected chi connectivity index (χ0v) is 16.8. The molecule has 3 heteroatoms. The minimum atomic E-state index is 0.519. The molecule has 1 aliphatic heterocycles. The normalized spacial score (nSPS) is 26.7. The van der Waals surface area contributed by atoms with Crippen LogP contribution in [0.5, 0.6) is 0 Å². The van der Waals surface area contributed by atoms with Crippen molar-refractivity contribution in [2.75, 3.05) is 27.2 Å². The fraction of sp³-hybridized carbons (Fsp3) is 0.727. The summed E-state index contributed by atoms with van der Waals surface area (Å²) in [7, 11) is 4.45. The molecule has 0 N–H and O–H groups in total. The zero-order valence-electron chi connectivity index (χ0n) is 16.1. The summed E-state index contributed by atoms with van der Waals surface area (Å²) in [6, 6.07) is 9.76. The SMILES string of the molecule is CN(C)C1CCN(CCC2CCCCCC2)C(c2cccc(Cl)c2)C1. The van der Waals surface area contributed by atoms with E-state index in [0.29, 0.717) is 12.1 Å². The third-order valence-corrected chi connectivity index (χ3v) is 6.68. The van der Waals surface area contributed by atoms with Gasteiger partial charge in [-0.25, -0.2) is 0 Å². The van der Waals surface area contributed by atoms with Gasteiger partial charge in [0.1, 0.15) is 0 Å². The summed E-state index contributed by atoms with van der Waals surface area (Å²) in [6.45, 7) is 2.47. The molecule has 1 aromatic rings. The average Bonchev–Trinajstić information content (AvgIpc) is 2.88. The van der Waals surface area contributed by atoms with Gasteiger partial charge in [0, 0.05) is 23.7 Å². The van der Waals surface area contributed by atoms with Crippen molar-refractivity contribution in [1.82, 2.24) is 9.80 Å². The predicted molar refractivity (Wildman–Crippen MR) is 108 cm³/mol. The van der Waals surface area contributed by atoms with Crippen molar-refractivity contribution in [3.63, 3.8) is 0 Å². The Morgan fingerprint density at radius 1 is 1.08 bits per heavy atom.